The number of piperidine rings is 1. The zero-order valence-corrected chi connectivity index (χ0v) is 10.8. The third-order valence-corrected chi connectivity index (χ3v) is 3.51. The number of ether oxygens (including phenoxy) is 2. The summed E-state index contributed by atoms with van der Waals surface area (Å²) in [5, 5.41) is 3.52. The lowest BCUT2D eigenvalue weighted by Gasteiger charge is -2.28. The minimum absolute atomic E-state index is 0.565. The van der Waals surface area contributed by atoms with Gasteiger partial charge in [0.2, 0.25) is 0 Å². The van der Waals surface area contributed by atoms with Crippen molar-refractivity contribution in [3.05, 3.63) is 23.8 Å². The topological polar surface area (TPSA) is 30.5 Å². The molecule has 0 aliphatic carbocycles. The molecule has 2 atom stereocenters. The molecule has 1 fully saturated rings. The van der Waals surface area contributed by atoms with E-state index in [0.717, 1.165) is 18.0 Å². The smallest absolute Gasteiger partial charge is 0.122 e. The molecular weight excluding hydrogens is 214 g/mol. The molecule has 1 saturated heterocycles. The van der Waals surface area contributed by atoms with Gasteiger partial charge in [0.15, 0.2) is 0 Å². The largest absolute Gasteiger partial charge is 0.497 e. The molecule has 1 heterocycles. The van der Waals surface area contributed by atoms with E-state index < -0.39 is 0 Å². The summed E-state index contributed by atoms with van der Waals surface area (Å²) >= 11 is 0. The maximum absolute atomic E-state index is 5.31. The fourth-order valence-corrected chi connectivity index (χ4v) is 2.35. The molecule has 1 aliphatic heterocycles. The molecule has 0 saturated carbocycles. The highest BCUT2D eigenvalue weighted by molar-refractivity contribution is 5.40. The molecule has 1 aromatic carbocycles. The summed E-state index contributed by atoms with van der Waals surface area (Å²) in [6.45, 7) is 3.28. The van der Waals surface area contributed by atoms with Crippen molar-refractivity contribution in [2.24, 2.45) is 0 Å². The Kier molecular flexibility index (Phi) is 3.89. The second-order valence-corrected chi connectivity index (χ2v) is 4.73. The fraction of sp³-hybridized carbons (Fsp3) is 0.571. The van der Waals surface area contributed by atoms with Crippen molar-refractivity contribution < 1.29 is 9.47 Å². The summed E-state index contributed by atoms with van der Waals surface area (Å²) in [6, 6.07) is 6.79. The van der Waals surface area contributed by atoms with Gasteiger partial charge in [0, 0.05) is 18.7 Å². The van der Waals surface area contributed by atoms with E-state index in [1.807, 2.05) is 6.07 Å². The number of nitrogens with one attached hydrogen (secondary N) is 1. The molecule has 1 N–H and O–H groups in total. The molecule has 0 radical (unpaired) electrons. The second-order valence-electron chi connectivity index (χ2n) is 4.73. The van der Waals surface area contributed by atoms with Crippen LogP contribution in [0.3, 0.4) is 0 Å². The van der Waals surface area contributed by atoms with E-state index in [1.54, 1.807) is 14.2 Å². The zero-order valence-electron chi connectivity index (χ0n) is 10.8. The summed E-state index contributed by atoms with van der Waals surface area (Å²) in [6.07, 6.45) is 2.45. The van der Waals surface area contributed by atoms with Crippen LogP contribution in [0, 0.1) is 0 Å². The van der Waals surface area contributed by atoms with Crippen molar-refractivity contribution in [3.63, 3.8) is 0 Å². The number of hydrogen-bond donors (Lipinski definition) is 1. The van der Waals surface area contributed by atoms with Gasteiger partial charge in [0.25, 0.3) is 0 Å². The average molecular weight is 235 g/mol. The molecule has 1 aliphatic rings. The van der Waals surface area contributed by atoms with Gasteiger partial charge < -0.3 is 14.8 Å². The average Bonchev–Trinajstić information content (AvgIpc) is 2.39. The van der Waals surface area contributed by atoms with Crippen LogP contribution in [0.2, 0.25) is 0 Å². The van der Waals surface area contributed by atoms with E-state index in [1.165, 1.54) is 18.4 Å². The van der Waals surface area contributed by atoms with E-state index in [2.05, 4.69) is 24.4 Å². The normalized spacial score (nSPS) is 24.4. The summed E-state index contributed by atoms with van der Waals surface area (Å²) in [4.78, 5) is 0. The maximum atomic E-state index is 5.31. The van der Waals surface area contributed by atoms with Crippen LogP contribution in [-0.2, 0) is 0 Å². The zero-order chi connectivity index (χ0) is 12.3. The fourth-order valence-electron chi connectivity index (χ4n) is 2.35. The van der Waals surface area contributed by atoms with Crippen LogP contribution >= 0.6 is 0 Å². The first-order valence-electron chi connectivity index (χ1n) is 6.19. The Morgan fingerprint density at radius 3 is 2.18 bits per heavy atom. The lowest BCUT2D eigenvalue weighted by Crippen LogP contribution is -2.35. The molecular formula is C14H21NO2. The number of benzene rings is 1. The van der Waals surface area contributed by atoms with Gasteiger partial charge in [-0.2, -0.15) is 0 Å². The molecule has 0 aromatic heterocycles. The van der Waals surface area contributed by atoms with Gasteiger partial charge in [-0.1, -0.05) is 0 Å². The van der Waals surface area contributed by atoms with E-state index in [-0.39, 0.29) is 0 Å². The van der Waals surface area contributed by atoms with E-state index in [4.69, 9.17) is 9.47 Å². The van der Waals surface area contributed by atoms with Gasteiger partial charge in [-0.15, -0.1) is 0 Å². The SMILES string of the molecule is COc1cc(OC)cc(C2CCC(C)NC2)c1. The third kappa shape index (κ3) is 2.91. The summed E-state index contributed by atoms with van der Waals surface area (Å²) in [5.41, 5.74) is 1.31. The lowest BCUT2D eigenvalue weighted by molar-refractivity contribution is 0.374. The molecule has 3 nitrogen and oxygen atoms in total. The van der Waals surface area contributed by atoms with Crippen LogP contribution in [0.25, 0.3) is 0 Å². The molecule has 1 aromatic rings. The van der Waals surface area contributed by atoms with Gasteiger partial charge >= 0.3 is 0 Å². The molecule has 17 heavy (non-hydrogen) atoms. The van der Waals surface area contributed by atoms with Crippen LogP contribution < -0.4 is 14.8 Å². The Balaban J connectivity index is 2.19. The number of rotatable bonds is 3. The van der Waals surface area contributed by atoms with Crippen molar-refractivity contribution in [2.75, 3.05) is 20.8 Å². The highest BCUT2D eigenvalue weighted by Crippen LogP contribution is 2.31. The van der Waals surface area contributed by atoms with Crippen molar-refractivity contribution in [3.8, 4) is 11.5 Å². The van der Waals surface area contributed by atoms with E-state index in [0.29, 0.717) is 12.0 Å². The summed E-state index contributed by atoms with van der Waals surface area (Å²) < 4.78 is 10.6. The highest BCUT2D eigenvalue weighted by atomic mass is 16.5. The molecule has 0 amide bonds. The number of methoxy groups -OCH3 is 2. The van der Waals surface area contributed by atoms with Crippen molar-refractivity contribution in [2.45, 2.75) is 31.7 Å². The van der Waals surface area contributed by atoms with E-state index in [9.17, 15) is 0 Å². The van der Waals surface area contributed by atoms with Crippen molar-refractivity contribution in [1.82, 2.24) is 5.32 Å². The predicted octanol–water partition coefficient (Wildman–Crippen LogP) is 2.56. The Hall–Kier alpha value is -1.22. The Morgan fingerprint density at radius 2 is 1.71 bits per heavy atom. The first-order valence-corrected chi connectivity index (χ1v) is 6.19. The van der Waals surface area contributed by atoms with Gasteiger partial charge in [-0.25, -0.2) is 0 Å². The van der Waals surface area contributed by atoms with Gasteiger partial charge in [0.1, 0.15) is 11.5 Å². The first-order chi connectivity index (χ1) is 8.22. The predicted molar refractivity (Wildman–Crippen MR) is 69.0 cm³/mol. The van der Waals surface area contributed by atoms with Crippen LogP contribution in [0.1, 0.15) is 31.2 Å². The molecule has 2 rings (SSSR count). The Morgan fingerprint density at radius 1 is 1.06 bits per heavy atom. The van der Waals surface area contributed by atoms with Crippen molar-refractivity contribution in [1.29, 1.82) is 0 Å². The van der Waals surface area contributed by atoms with Crippen LogP contribution in [0.4, 0.5) is 0 Å². The second kappa shape index (κ2) is 5.41. The Labute approximate surface area is 103 Å². The molecule has 3 heteroatoms. The molecule has 0 spiro atoms. The van der Waals surface area contributed by atoms with Crippen LogP contribution in [0.15, 0.2) is 18.2 Å². The minimum Gasteiger partial charge on any atom is -0.497 e. The first kappa shape index (κ1) is 12.2. The number of hydrogen-bond acceptors (Lipinski definition) is 3. The van der Waals surface area contributed by atoms with Crippen LogP contribution in [-0.4, -0.2) is 26.8 Å². The Bertz CT molecular complexity index is 348. The van der Waals surface area contributed by atoms with E-state index >= 15 is 0 Å². The summed E-state index contributed by atoms with van der Waals surface area (Å²) in [7, 11) is 3.39. The van der Waals surface area contributed by atoms with Gasteiger partial charge in [-0.05, 0) is 43.4 Å². The van der Waals surface area contributed by atoms with Crippen molar-refractivity contribution >= 4 is 0 Å². The quantitative estimate of drug-likeness (QED) is 0.873. The minimum atomic E-state index is 0.565. The lowest BCUT2D eigenvalue weighted by atomic mass is 9.89. The van der Waals surface area contributed by atoms with Crippen LogP contribution in [0.5, 0.6) is 11.5 Å². The monoisotopic (exact) mass is 235 g/mol. The maximum Gasteiger partial charge on any atom is 0.122 e. The molecule has 0 bridgehead atoms. The molecule has 94 valence electrons. The summed E-state index contributed by atoms with van der Waals surface area (Å²) in [5.74, 6) is 2.31. The van der Waals surface area contributed by atoms with Gasteiger partial charge in [-0.3, -0.25) is 0 Å². The van der Waals surface area contributed by atoms with Gasteiger partial charge in [0.05, 0.1) is 14.2 Å². The standard InChI is InChI=1S/C14H21NO2/c1-10-4-5-11(9-15-10)12-6-13(16-2)8-14(7-12)17-3/h6-8,10-11,15H,4-5,9H2,1-3H3. The highest BCUT2D eigenvalue weighted by Gasteiger charge is 2.20. The molecule has 2 unspecified atom stereocenters. The third-order valence-electron chi connectivity index (χ3n) is 3.51.